The van der Waals surface area contributed by atoms with Gasteiger partial charge in [-0.3, -0.25) is 0 Å². The summed E-state index contributed by atoms with van der Waals surface area (Å²) in [7, 11) is 1.39. The molecule has 8 heavy (non-hydrogen) atoms. The van der Waals surface area contributed by atoms with E-state index in [1.807, 2.05) is 0 Å². The van der Waals surface area contributed by atoms with Gasteiger partial charge in [0.25, 0.3) is 0 Å². The van der Waals surface area contributed by atoms with E-state index in [4.69, 9.17) is 0 Å². The molecular formula is C7H18Si. The van der Waals surface area contributed by atoms with Crippen molar-refractivity contribution in [1.29, 1.82) is 0 Å². The van der Waals surface area contributed by atoms with Gasteiger partial charge in [0.15, 0.2) is 0 Å². The summed E-state index contributed by atoms with van der Waals surface area (Å²) < 4.78 is 0. The van der Waals surface area contributed by atoms with Crippen molar-refractivity contribution in [3.05, 3.63) is 0 Å². The Morgan fingerprint density at radius 2 is 2.00 bits per heavy atom. The number of unbranched alkanes of at least 4 members (excludes halogenated alkanes) is 2. The molecule has 1 atom stereocenters. The minimum absolute atomic E-state index is 1.04. The van der Waals surface area contributed by atoms with E-state index < -0.39 is 0 Å². The molecule has 0 aliphatic rings. The van der Waals surface area contributed by atoms with Crippen molar-refractivity contribution in [2.45, 2.75) is 45.1 Å². The van der Waals surface area contributed by atoms with E-state index in [1.54, 1.807) is 0 Å². The van der Waals surface area contributed by atoms with Gasteiger partial charge in [0.1, 0.15) is 0 Å². The van der Waals surface area contributed by atoms with Gasteiger partial charge in [-0.25, -0.2) is 0 Å². The van der Waals surface area contributed by atoms with E-state index in [-0.39, 0.29) is 0 Å². The summed E-state index contributed by atoms with van der Waals surface area (Å²) in [5.74, 6) is 0. The second kappa shape index (κ2) is 5.36. The predicted molar refractivity (Wildman–Crippen MR) is 43.5 cm³/mol. The Balaban J connectivity index is 2.72. The Labute approximate surface area is 56.1 Å². The van der Waals surface area contributed by atoms with Crippen LogP contribution in [0.1, 0.15) is 39.5 Å². The largest absolute Gasteiger partial charge is 0.0658 e. The second-order valence-electron chi connectivity index (χ2n) is 2.89. The molecule has 0 radical (unpaired) electrons. The first-order valence-corrected chi connectivity index (χ1v) is 4.92. The summed E-state index contributed by atoms with van der Waals surface area (Å²) in [5.41, 5.74) is 1.04. The first-order valence-electron chi connectivity index (χ1n) is 3.77. The fraction of sp³-hybridized carbons (Fsp3) is 1.00. The van der Waals surface area contributed by atoms with Crippen LogP contribution in [0.3, 0.4) is 0 Å². The molecule has 0 aliphatic carbocycles. The second-order valence-corrected chi connectivity index (χ2v) is 4.86. The van der Waals surface area contributed by atoms with Crippen molar-refractivity contribution in [3.8, 4) is 0 Å². The average molecular weight is 130 g/mol. The summed E-state index contributed by atoms with van der Waals surface area (Å²) in [5, 5.41) is 0. The molecule has 0 aliphatic heterocycles. The van der Waals surface area contributed by atoms with Crippen LogP contribution in [0.5, 0.6) is 0 Å². The Morgan fingerprint density at radius 1 is 1.38 bits per heavy atom. The van der Waals surface area contributed by atoms with Crippen LogP contribution in [-0.2, 0) is 0 Å². The van der Waals surface area contributed by atoms with Gasteiger partial charge in [-0.05, 0) is 0 Å². The van der Waals surface area contributed by atoms with Crippen LogP contribution in [-0.4, -0.2) is 10.2 Å². The van der Waals surface area contributed by atoms with Crippen LogP contribution in [0.2, 0.25) is 5.54 Å². The Hall–Kier alpha value is 0.217. The summed E-state index contributed by atoms with van der Waals surface area (Å²) in [6.45, 7) is 4.61. The number of rotatable bonds is 4. The zero-order valence-electron chi connectivity index (χ0n) is 6.41. The molecule has 0 aromatic heterocycles. The molecule has 0 fully saturated rings. The van der Waals surface area contributed by atoms with E-state index in [2.05, 4.69) is 13.8 Å². The van der Waals surface area contributed by atoms with Crippen LogP contribution in [0, 0.1) is 0 Å². The Kier molecular flexibility index (Phi) is 5.50. The van der Waals surface area contributed by atoms with Gasteiger partial charge in [-0.1, -0.05) is 45.1 Å². The minimum atomic E-state index is 1.04. The molecule has 1 heteroatoms. The predicted octanol–water partition coefficient (Wildman–Crippen LogP) is 1.74. The van der Waals surface area contributed by atoms with Crippen LogP contribution < -0.4 is 0 Å². The summed E-state index contributed by atoms with van der Waals surface area (Å²) in [6.07, 6.45) is 5.74. The summed E-state index contributed by atoms with van der Waals surface area (Å²) in [6, 6.07) is 0. The van der Waals surface area contributed by atoms with Gasteiger partial charge in [0.05, 0.1) is 0 Å². The van der Waals surface area contributed by atoms with Crippen LogP contribution in [0.15, 0.2) is 0 Å². The van der Waals surface area contributed by atoms with Crippen molar-refractivity contribution in [2.24, 2.45) is 0 Å². The van der Waals surface area contributed by atoms with Gasteiger partial charge in [0, 0.05) is 10.2 Å². The SMILES string of the molecule is CCCCCC(C)[SiH3]. The molecular weight excluding hydrogens is 112 g/mol. The molecule has 0 saturated heterocycles. The lowest BCUT2D eigenvalue weighted by Gasteiger charge is -2.00. The van der Waals surface area contributed by atoms with Crippen LogP contribution >= 0.6 is 0 Å². The van der Waals surface area contributed by atoms with E-state index in [0.29, 0.717) is 0 Å². The Morgan fingerprint density at radius 3 is 2.38 bits per heavy atom. The van der Waals surface area contributed by atoms with Crippen molar-refractivity contribution < 1.29 is 0 Å². The third-order valence-electron chi connectivity index (χ3n) is 1.39. The maximum absolute atomic E-state index is 2.35. The van der Waals surface area contributed by atoms with E-state index in [9.17, 15) is 0 Å². The van der Waals surface area contributed by atoms with Gasteiger partial charge in [-0.2, -0.15) is 0 Å². The molecule has 50 valence electrons. The fourth-order valence-corrected chi connectivity index (χ4v) is 1.21. The quantitative estimate of drug-likeness (QED) is 0.402. The maximum Gasteiger partial charge on any atom is 0.00637 e. The monoisotopic (exact) mass is 130 g/mol. The van der Waals surface area contributed by atoms with Crippen molar-refractivity contribution >= 4 is 10.2 Å². The molecule has 0 bridgehead atoms. The van der Waals surface area contributed by atoms with Crippen LogP contribution in [0.4, 0.5) is 0 Å². The van der Waals surface area contributed by atoms with Crippen LogP contribution in [0.25, 0.3) is 0 Å². The van der Waals surface area contributed by atoms with Crippen molar-refractivity contribution in [2.75, 3.05) is 0 Å². The van der Waals surface area contributed by atoms with Crippen molar-refractivity contribution in [1.82, 2.24) is 0 Å². The van der Waals surface area contributed by atoms with E-state index >= 15 is 0 Å². The highest BCUT2D eigenvalue weighted by Crippen LogP contribution is 2.09. The first-order chi connectivity index (χ1) is 3.77. The van der Waals surface area contributed by atoms with E-state index in [1.165, 1.54) is 35.9 Å². The Bertz CT molecular complexity index is 41.7. The standard InChI is InChI=1S/C7H18Si/c1-3-4-5-6-7(2)8/h7H,3-6H2,1-2,8H3. The molecule has 0 rings (SSSR count). The van der Waals surface area contributed by atoms with Gasteiger partial charge in [0.2, 0.25) is 0 Å². The topological polar surface area (TPSA) is 0 Å². The lowest BCUT2D eigenvalue weighted by molar-refractivity contribution is 0.655. The summed E-state index contributed by atoms with van der Waals surface area (Å²) in [4.78, 5) is 0. The molecule has 0 nitrogen and oxygen atoms in total. The third-order valence-corrected chi connectivity index (χ3v) is 1.96. The molecule has 0 N–H and O–H groups in total. The number of hydrogen-bond acceptors (Lipinski definition) is 0. The highest BCUT2D eigenvalue weighted by Gasteiger charge is 1.90. The first kappa shape index (κ1) is 8.22. The lowest BCUT2D eigenvalue weighted by atomic mass is 10.2. The lowest BCUT2D eigenvalue weighted by Crippen LogP contribution is -1.84. The molecule has 0 amide bonds. The third kappa shape index (κ3) is 6.22. The molecule has 0 heterocycles. The van der Waals surface area contributed by atoms with Gasteiger partial charge >= 0.3 is 0 Å². The summed E-state index contributed by atoms with van der Waals surface area (Å²) >= 11 is 0. The molecule has 0 aromatic carbocycles. The fourth-order valence-electron chi connectivity index (χ4n) is 0.803. The minimum Gasteiger partial charge on any atom is -0.0658 e. The van der Waals surface area contributed by atoms with Crippen molar-refractivity contribution in [3.63, 3.8) is 0 Å². The smallest absolute Gasteiger partial charge is 0.00637 e. The zero-order valence-corrected chi connectivity index (χ0v) is 8.41. The molecule has 0 spiro atoms. The molecule has 0 saturated carbocycles. The normalized spacial score (nSPS) is 14.2. The zero-order chi connectivity index (χ0) is 6.41. The number of hydrogen-bond donors (Lipinski definition) is 0. The maximum atomic E-state index is 2.35. The molecule has 1 unspecified atom stereocenters. The molecule has 0 aromatic rings. The average Bonchev–Trinajstić information content (AvgIpc) is 1.66. The van der Waals surface area contributed by atoms with Gasteiger partial charge in [-0.15, -0.1) is 0 Å². The highest BCUT2D eigenvalue weighted by atomic mass is 28.1. The van der Waals surface area contributed by atoms with E-state index in [0.717, 1.165) is 5.54 Å². The highest BCUT2D eigenvalue weighted by molar-refractivity contribution is 6.11. The van der Waals surface area contributed by atoms with Gasteiger partial charge < -0.3 is 0 Å².